The summed E-state index contributed by atoms with van der Waals surface area (Å²) in [6.45, 7) is 0.328. The molecule has 7 nitrogen and oxygen atoms in total. The second-order valence-electron chi connectivity index (χ2n) is 7.94. The quantitative estimate of drug-likeness (QED) is 0.583. The number of nitrogens with one attached hydrogen (secondary N) is 2. The van der Waals surface area contributed by atoms with Gasteiger partial charge in [0.1, 0.15) is 0 Å². The molecule has 0 radical (unpaired) electrons. The molecule has 32 heavy (non-hydrogen) atoms. The van der Waals surface area contributed by atoms with Gasteiger partial charge in [-0.1, -0.05) is 18.2 Å². The highest BCUT2D eigenvalue weighted by atomic mass is 19.1. The Labute approximate surface area is 186 Å². The Morgan fingerprint density at radius 3 is 2.47 bits per heavy atom. The molecule has 0 bridgehead atoms. The third kappa shape index (κ3) is 5.84. The van der Waals surface area contributed by atoms with E-state index in [1.54, 1.807) is 36.4 Å². The number of halogens is 1. The van der Waals surface area contributed by atoms with Crippen LogP contribution in [0.3, 0.4) is 0 Å². The van der Waals surface area contributed by atoms with Crippen LogP contribution in [0.25, 0.3) is 0 Å². The number of rotatable bonds is 9. The largest absolute Gasteiger partial charge is 0.494 e. The van der Waals surface area contributed by atoms with Gasteiger partial charge in [-0.25, -0.2) is 9.18 Å². The van der Waals surface area contributed by atoms with Crippen LogP contribution in [-0.4, -0.2) is 37.5 Å². The Bertz CT molecular complexity index is 992. The minimum Gasteiger partial charge on any atom is -0.494 e. The summed E-state index contributed by atoms with van der Waals surface area (Å²) < 4.78 is 23.4. The topological polar surface area (TPSA) is 93.7 Å². The first-order valence-corrected chi connectivity index (χ1v) is 10.4. The number of ether oxygens (including phenoxy) is 2. The van der Waals surface area contributed by atoms with Crippen LogP contribution in [0.15, 0.2) is 42.5 Å². The van der Waals surface area contributed by atoms with Gasteiger partial charge in [0.25, 0.3) is 0 Å². The molecular weight excluding hydrogens is 415 g/mol. The highest BCUT2D eigenvalue weighted by molar-refractivity contribution is 5.89. The molecule has 0 saturated carbocycles. The lowest BCUT2D eigenvalue weighted by atomic mass is 9.85. The molecule has 1 aliphatic rings. The second-order valence-corrected chi connectivity index (χ2v) is 7.94. The Balaban J connectivity index is 1.57. The standard InChI is InChI=1S/C24H27FN2O5/c1-31-20-13-17(5-8-19(20)25)14-24(12-10-22(29)27-24)11-9-21(28)26-15-16-3-6-18(7-4-16)23(30)32-2/h3-8,13H,9-12,14-15H2,1-2H3,(H,26,28)(H,27,29). The van der Waals surface area contributed by atoms with E-state index in [1.807, 2.05) is 0 Å². The highest BCUT2D eigenvalue weighted by Crippen LogP contribution is 2.31. The summed E-state index contributed by atoms with van der Waals surface area (Å²) in [6, 6.07) is 11.4. The molecule has 1 unspecified atom stereocenters. The van der Waals surface area contributed by atoms with Gasteiger partial charge < -0.3 is 20.1 Å². The van der Waals surface area contributed by atoms with Gasteiger partial charge in [-0.15, -0.1) is 0 Å². The van der Waals surface area contributed by atoms with Gasteiger partial charge in [0, 0.05) is 24.9 Å². The van der Waals surface area contributed by atoms with Crippen molar-refractivity contribution in [1.82, 2.24) is 10.6 Å². The minimum absolute atomic E-state index is 0.0508. The molecule has 2 aromatic rings. The zero-order valence-corrected chi connectivity index (χ0v) is 18.2. The molecule has 3 rings (SSSR count). The summed E-state index contributed by atoms with van der Waals surface area (Å²) in [5, 5.41) is 5.89. The number of benzene rings is 2. The summed E-state index contributed by atoms with van der Waals surface area (Å²) in [7, 11) is 2.73. The van der Waals surface area contributed by atoms with Crippen molar-refractivity contribution in [2.24, 2.45) is 0 Å². The molecule has 0 aliphatic carbocycles. The van der Waals surface area contributed by atoms with E-state index in [-0.39, 0.29) is 24.0 Å². The van der Waals surface area contributed by atoms with Crippen molar-refractivity contribution in [2.45, 2.75) is 44.2 Å². The Hall–Kier alpha value is -3.42. The normalized spacial score (nSPS) is 17.5. The van der Waals surface area contributed by atoms with Gasteiger partial charge in [0.2, 0.25) is 11.8 Å². The van der Waals surface area contributed by atoms with E-state index in [4.69, 9.17) is 4.74 Å². The first-order valence-electron chi connectivity index (χ1n) is 10.4. The monoisotopic (exact) mass is 442 g/mol. The van der Waals surface area contributed by atoms with Crippen molar-refractivity contribution in [3.63, 3.8) is 0 Å². The lowest BCUT2D eigenvalue weighted by Crippen LogP contribution is -2.44. The first kappa shape index (κ1) is 23.2. The van der Waals surface area contributed by atoms with Crippen LogP contribution in [0.4, 0.5) is 4.39 Å². The SMILES string of the molecule is COC(=O)c1ccc(CNC(=O)CCC2(Cc3ccc(F)c(OC)c3)CCC(=O)N2)cc1. The van der Waals surface area contributed by atoms with Crippen LogP contribution in [0.2, 0.25) is 0 Å². The fourth-order valence-electron chi connectivity index (χ4n) is 3.91. The molecule has 1 atom stereocenters. The van der Waals surface area contributed by atoms with Gasteiger partial charge >= 0.3 is 5.97 Å². The molecule has 1 heterocycles. The number of amides is 2. The van der Waals surface area contributed by atoms with Crippen LogP contribution < -0.4 is 15.4 Å². The van der Waals surface area contributed by atoms with Crippen LogP contribution in [-0.2, 0) is 27.3 Å². The van der Waals surface area contributed by atoms with E-state index in [0.29, 0.717) is 37.8 Å². The van der Waals surface area contributed by atoms with E-state index in [2.05, 4.69) is 15.4 Å². The van der Waals surface area contributed by atoms with Gasteiger partial charge in [-0.2, -0.15) is 0 Å². The van der Waals surface area contributed by atoms with E-state index in [0.717, 1.165) is 11.1 Å². The average molecular weight is 442 g/mol. The van der Waals surface area contributed by atoms with Crippen molar-refractivity contribution in [2.75, 3.05) is 14.2 Å². The van der Waals surface area contributed by atoms with Crippen LogP contribution >= 0.6 is 0 Å². The summed E-state index contributed by atoms with van der Waals surface area (Å²) >= 11 is 0. The van der Waals surface area contributed by atoms with E-state index in [1.165, 1.54) is 20.3 Å². The number of esters is 1. The predicted octanol–water partition coefficient (Wildman–Crippen LogP) is 2.91. The van der Waals surface area contributed by atoms with E-state index < -0.39 is 17.3 Å². The van der Waals surface area contributed by atoms with Gasteiger partial charge in [0.15, 0.2) is 11.6 Å². The molecule has 0 aromatic heterocycles. The smallest absolute Gasteiger partial charge is 0.337 e. The molecule has 0 spiro atoms. The molecule has 2 amide bonds. The minimum atomic E-state index is -0.556. The molecule has 2 aromatic carbocycles. The summed E-state index contributed by atoms with van der Waals surface area (Å²) in [4.78, 5) is 35.9. The van der Waals surface area contributed by atoms with Crippen molar-refractivity contribution < 1.29 is 28.2 Å². The molecule has 1 aliphatic heterocycles. The fraction of sp³-hybridized carbons (Fsp3) is 0.375. The summed E-state index contributed by atoms with van der Waals surface area (Å²) in [5.74, 6) is -0.898. The molecule has 170 valence electrons. The molecule has 1 saturated heterocycles. The third-order valence-corrected chi connectivity index (χ3v) is 5.69. The second kappa shape index (κ2) is 10.3. The molecule has 1 fully saturated rings. The maximum absolute atomic E-state index is 13.7. The zero-order valence-electron chi connectivity index (χ0n) is 18.2. The van der Waals surface area contributed by atoms with E-state index >= 15 is 0 Å². The lowest BCUT2D eigenvalue weighted by Gasteiger charge is -2.29. The van der Waals surface area contributed by atoms with Crippen molar-refractivity contribution >= 4 is 17.8 Å². The van der Waals surface area contributed by atoms with Crippen LogP contribution in [0.5, 0.6) is 5.75 Å². The maximum atomic E-state index is 13.7. The van der Waals surface area contributed by atoms with Crippen molar-refractivity contribution in [3.05, 3.63) is 65.0 Å². The Morgan fingerprint density at radius 2 is 1.84 bits per heavy atom. The third-order valence-electron chi connectivity index (χ3n) is 5.69. The van der Waals surface area contributed by atoms with E-state index in [9.17, 15) is 18.8 Å². The molecule has 2 N–H and O–H groups in total. The zero-order chi connectivity index (χ0) is 23.1. The molecular formula is C24H27FN2O5. The van der Waals surface area contributed by atoms with Crippen LogP contribution in [0.1, 0.15) is 47.2 Å². The number of hydrogen-bond acceptors (Lipinski definition) is 5. The predicted molar refractivity (Wildman–Crippen MR) is 116 cm³/mol. The highest BCUT2D eigenvalue weighted by Gasteiger charge is 2.38. The average Bonchev–Trinajstić information content (AvgIpc) is 3.17. The summed E-state index contributed by atoms with van der Waals surface area (Å²) in [5.41, 5.74) is 1.57. The molecule has 8 heteroatoms. The summed E-state index contributed by atoms with van der Waals surface area (Å²) in [6.07, 6.45) is 2.18. The number of carbonyl (C=O) groups excluding carboxylic acids is 3. The lowest BCUT2D eigenvalue weighted by molar-refractivity contribution is -0.122. The van der Waals surface area contributed by atoms with Crippen molar-refractivity contribution in [3.8, 4) is 5.75 Å². The fourth-order valence-corrected chi connectivity index (χ4v) is 3.91. The van der Waals surface area contributed by atoms with Crippen molar-refractivity contribution in [1.29, 1.82) is 0 Å². The Morgan fingerprint density at radius 1 is 1.12 bits per heavy atom. The Kier molecular flexibility index (Phi) is 7.45. The first-order chi connectivity index (χ1) is 15.3. The number of carbonyl (C=O) groups is 3. The van der Waals surface area contributed by atoms with Gasteiger partial charge in [-0.3, -0.25) is 9.59 Å². The maximum Gasteiger partial charge on any atom is 0.337 e. The van der Waals surface area contributed by atoms with Crippen LogP contribution in [0, 0.1) is 5.82 Å². The number of methoxy groups -OCH3 is 2. The van der Waals surface area contributed by atoms with Gasteiger partial charge in [0.05, 0.1) is 19.8 Å². The van der Waals surface area contributed by atoms with Gasteiger partial charge in [-0.05, 0) is 54.7 Å². The number of hydrogen-bond donors (Lipinski definition) is 2.